The third-order valence-corrected chi connectivity index (χ3v) is 3.72. The zero-order chi connectivity index (χ0) is 15.3. The van der Waals surface area contributed by atoms with Crippen molar-refractivity contribution in [2.75, 3.05) is 13.2 Å². The molecule has 0 bridgehead atoms. The molecule has 1 aliphatic rings. The van der Waals surface area contributed by atoms with Crippen molar-refractivity contribution >= 4 is 5.97 Å². The largest absolute Gasteiger partial charge is 0.490 e. The van der Waals surface area contributed by atoms with Crippen molar-refractivity contribution in [3.8, 4) is 11.5 Å². The van der Waals surface area contributed by atoms with Gasteiger partial charge in [0.25, 0.3) is 0 Å². The van der Waals surface area contributed by atoms with Crippen molar-refractivity contribution in [1.82, 2.24) is 5.32 Å². The second-order valence-electron chi connectivity index (χ2n) is 5.57. The quantitative estimate of drug-likeness (QED) is 0.844. The van der Waals surface area contributed by atoms with Crippen LogP contribution in [-0.4, -0.2) is 29.8 Å². The molecule has 1 unspecified atom stereocenters. The number of rotatable bonds is 6. The second kappa shape index (κ2) is 6.80. The Morgan fingerprint density at radius 1 is 1.33 bits per heavy atom. The van der Waals surface area contributed by atoms with E-state index in [1.807, 2.05) is 25.1 Å². The lowest BCUT2D eigenvalue weighted by Gasteiger charge is -2.26. The molecule has 1 aliphatic heterocycles. The van der Waals surface area contributed by atoms with Crippen LogP contribution in [0.1, 0.15) is 38.7 Å². The molecule has 0 aliphatic carbocycles. The summed E-state index contributed by atoms with van der Waals surface area (Å²) < 4.78 is 11.2. The molecule has 1 heterocycles. The first-order valence-corrected chi connectivity index (χ1v) is 7.42. The number of hydrogen-bond acceptors (Lipinski definition) is 4. The number of carbonyl (C=O) groups is 1. The molecule has 2 rings (SSSR count). The Kier molecular flexibility index (Phi) is 5.07. The Labute approximate surface area is 125 Å². The Bertz CT molecular complexity index is 503. The van der Waals surface area contributed by atoms with Gasteiger partial charge in [0.2, 0.25) is 0 Å². The van der Waals surface area contributed by atoms with Crippen LogP contribution in [0.5, 0.6) is 11.5 Å². The van der Waals surface area contributed by atoms with Crippen molar-refractivity contribution < 1.29 is 19.4 Å². The summed E-state index contributed by atoms with van der Waals surface area (Å²) in [7, 11) is 0. The zero-order valence-corrected chi connectivity index (χ0v) is 12.6. The van der Waals surface area contributed by atoms with Crippen molar-refractivity contribution in [3.63, 3.8) is 0 Å². The van der Waals surface area contributed by atoms with Crippen molar-refractivity contribution in [2.45, 2.75) is 45.2 Å². The van der Waals surface area contributed by atoms with Gasteiger partial charge in [0.1, 0.15) is 5.54 Å². The number of carboxylic acid groups (broad SMARTS) is 1. The van der Waals surface area contributed by atoms with E-state index < -0.39 is 11.5 Å². The smallest absolute Gasteiger partial charge is 0.323 e. The summed E-state index contributed by atoms with van der Waals surface area (Å²) >= 11 is 0. The van der Waals surface area contributed by atoms with Gasteiger partial charge in [0.05, 0.1) is 13.2 Å². The number of carboxylic acids is 1. The van der Waals surface area contributed by atoms with E-state index in [1.54, 1.807) is 6.92 Å². The normalized spacial score (nSPS) is 16.9. The van der Waals surface area contributed by atoms with Crippen LogP contribution in [0.3, 0.4) is 0 Å². The molecular weight excluding hydrogens is 270 g/mol. The van der Waals surface area contributed by atoms with E-state index in [0.717, 1.165) is 29.9 Å². The summed E-state index contributed by atoms with van der Waals surface area (Å²) in [6.45, 7) is 5.50. The molecule has 21 heavy (non-hydrogen) atoms. The Morgan fingerprint density at radius 3 is 2.71 bits per heavy atom. The van der Waals surface area contributed by atoms with Gasteiger partial charge >= 0.3 is 5.97 Å². The third-order valence-electron chi connectivity index (χ3n) is 3.72. The first-order valence-electron chi connectivity index (χ1n) is 7.42. The van der Waals surface area contributed by atoms with Gasteiger partial charge in [-0.1, -0.05) is 19.4 Å². The highest BCUT2D eigenvalue weighted by molar-refractivity contribution is 5.78. The summed E-state index contributed by atoms with van der Waals surface area (Å²) in [5, 5.41) is 12.5. The molecule has 2 N–H and O–H groups in total. The lowest BCUT2D eigenvalue weighted by molar-refractivity contribution is -0.144. The van der Waals surface area contributed by atoms with Crippen molar-refractivity contribution in [1.29, 1.82) is 0 Å². The highest BCUT2D eigenvalue weighted by Gasteiger charge is 2.31. The maximum absolute atomic E-state index is 11.4. The standard InChI is InChI=1S/C16H23NO4/c1-3-7-16(2,15(18)19)17-11-12-5-6-13-14(10-12)21-9-4-8-20-13/h5-6,10,17H,3-4,7-9,11H2,1-2H3,(H,18,19). The van der Waals surface area contributed by atoms with E-state index in [-0.39, 0.29) is 0 Å². The number of fused-ring (bicyclic) bond motifs is 1. The highest BCUT2D eigenvalue weighted by atomic mass is 16.5. The van der Waals surface area contributed by atoms with Crippen LogP contribution in [0.4, 0.5) is 0 Å². The number of nitrogens with one attached hydrogen (secondary N) is 1. The van der Waals surface area contributed by atoms with E-state index in [0.29, 0.717) is 26.2 Å². The number of aliphatic carboxylic acids is 1. The average Bonchev–Trinajstić information content (AvgIpc) is 2.70. The minimum absolute atomic E-state index is 0.486. The van der Waals surface area contributed by atoms with E-state index in [9.17, 15) is 9.90 Å². The molecule has 5 nitrogen and oxygen atoms in total. The van der Waals surface area contributed by atoms with Gasteiger partial charge in [-0.3, -0.25) is 10.1 Å². The Morgan fingerprint density at radius 2 is 2.05 bits per heavy atom. The average molecular weight is 293 g/mol. The predicted octanol–water partition coefficient (Wildman–Crippen LogP) is 2.58. The highest BCUT2D eigenvalue weighted by Crippen LogP contribution is 2.30. The minimum atomic E-state index is -0.904. The maximum atomic E-state index is 11.4. The van der Waals surface area contributed by atoms with Gasteiger partial charge in [-0.2, -0.15) is 0 Å². The monoisotopic (exact) mass is 293 g/mol. The summed E-state index contributed by atoms with van der Waals surface area (Å²) in [4.78, 5) is 11.4. The fourth-order valence-electron chi connectivity index (χ4n) is 2.39. The minimum Gasteiger partial charge on any atom is -0.490 e. The van der Waals surface area contributed by atoms with Crippen LogP contribution in [0.25, 0.3) is 0 Å². The number of benzene rings is 1. The lowest BCUT2D eigenvalue weighted by atomic mass is 9.96. The lowest BCUT2D eigenvalue weighted by Crippen LogP contribution is -2.48. The molecule has 1 atom stereocenters. The second-order valence-corrected chi connectivity index (χ2v) is 5.57. The fraction of sp³-hybridized carbons (Fsp3) is 0.562. The van der Waals surface area contributed by atoms with E-state index in [1.165, 1.54) is 0 Å². The first kappa shape index (κ1) is 15.6. The number of hydrogen-bond donors (Lipinski definition) is 2. The van der Waals surface area contributed by atoms with E-state index in [2.05, 4.69) is 5.32 Å². The fourth-order valence-corrected chi connectivity index (χ4v) is 2.39. The van der Waals surface area contributed by atoms with Gasteiger partial charge in [0.15, 0.2) is 11.5 Å². The van der Waals surface area contributed by atoms with E-state index in [4.69, 9.17) is 9.47 Å². The van der Waals surface area contributed by atoms with Crippen LogP contribution in [-0.2, 0) is 11.3 Å². The van der Waals surface area contributed by atoms with Gasteiger partial charge in [0, 0.05) is 13.0 Å². The Hall–Kier alpha value is -1.75. The summed E-state index contributed by atoms with van der Waals surface area (Å²) in [5.74, 6) is 0.670. The van der Waals surface area contributed by atoms with Gasteiger partial charge in [-0.15, -0.1) is 0 Å². The molecule has 0 saturated heterocycles. The molecule has 1 aromatic rings. The molecule has 0 spiro atoms. The van der Waals surface area contributed by atoms with Crippen LogP contribution in [0, 0.1) is 0 Å². The zero-order valence-electron chi connectivity index (χ0n) is 12.6. The first-order chi connectivity index (χ1) is 10.0. The molecular formula is C16H23NO4. The maximum Gasteiger partial charge on any atom is 0.323 e. The van der Waals surface area contributed by atoms with Crippen LogP contribution in [0.2, 0.25) is 0 Å². The summed E-state index contributed by atoms with van der Waals surface area (Å²) in [6, 6.07) is 5.74. The van der Waals surface area contributed by atoms with Crippen molar-refractivity contribution in [3.05, 3.63) is 23.8 Å². The summed E-state index contributed by atoms with van der Waals surface area (Å²) in [6.07, 6.45) is 2.28. The molecule has 0 amide bonds. The van der Waals surface area contributed by atoms with Gasteiger partial charge < -0.3 is 14.6 Å². The van der Waals surface area contributed by atoms with Crippen LogP contribution in [0.15, 0.2) is 18.2 Å². The topological polar surface area (TPSA) is 67.8 Å². The molecule has 116 valence electrons. The third kappa shape index (κ3) is 3.88. The molecule has 0 fully saturated rings. The van der Waals surface area contributed by atoms with Crippen molar-refractivity contribution in [2.24, 2.45) is 0 Å². The molecule has 0 aromatic heterocycles. The SMILES string of the molecule is CCCC(C)(NCc1ccc2c(c1)OCCCO2)C(=O)O. The van der Waals surface area contributed by atoms with Gasteiger partial charge in [-0.05, 0) is 31.0 Å². The molecule has 0 radical (unpaired) electrons. The van der Waals surface area contributed by atoms with E-state index >= 15 is 0 Å². The van der Waals surface area contributed by atoms with Gasteiger partial charge in [-0.25, -0.2) is 0 Å². The van der Waals surface area contributed by atoms with Crippen LogP contribution >= 0.6 is 0 Å². The summed E-state index contributed by atoms with van der Waals surface area (Å²) in [5.41, 5.74) is 0.0849. The molecule has 0 saturated carbocycles. The molecule has 5 heteroatoms. The number of ether oxygens (including phenoxy) is 2. The Balaban J connectivity index is 2.06. The van der Waals surface area contributed by atoms with Crippen LogP contribution < -0.4 is 14.8 Å². The predicted molar refractivity (Wildman–Crippen MR) is 79.8 cm³/mol. The molecule has 1 aromatic carbocycles.